The molecule has 0 amide bonds. The van der Waals surface area contributed by atoms with Gasteiger partial charge in [0, 0.05) is 23.1 Å². The third kappa shape index (κ3) is 5.61. The van der Waals surface area contributed by atoms with Crippen LogP contribution in [-0.4, -0.2) is 22.6 Å². The van der Waals surface area contributed by atoms with E-state index in [9.17, 15) is 5.11 Å². The molecule has 0 fully saturated rings. The molecule has 3 heteroatoms. The first kappa shape index (κ1) is 22.5. The number of hydrogen-bond acceptors (Lipinski definition) is 2. The van der Waals surface area contributed by atoms with E-state index in [1.165, 1.54) is 17.5 Å². The number of aryl methyl sites for hydroxylation is 1. The fourth-order valence-corrected chi connectivity index (χ4v) is 4.16. The third-order valence-corrected chi connectivity index (χ3v) is 5.61. The summed E-state index contributed by atoms with van der Waals surface area (Å²) in [6, 6.07) is 25.6. The molecule has 0 radical (unpaired) electrons. The maximum absolute atomic E-state index is 10.2. The van der Waals surface area contributed by atoms with Crippen molar-refractivity contribution in [3.8, 4) is 5.75 Å². The first-order chi connectivity index (χ1) is 13.2. The third-order valence-electron chi connectivity index (χ3n) is 5.61. The molecule has 0 heterocycles. The Balaban J connectivity index is 0.000000408. The van der Waals surface area contributed by atoms with Crippen LogP contribution in [0.1, 0.15) is 49.4 Å². The van der Waals surface area contributed by atoms with Crippen molar-refractivity contribution in [2.75, 3.05) is 6.54 Å². The molecule has 0 bridgehead atoms. The molecule has 2 nitrogen and oxygen atoms in total. The number of phenolic OH excluding ortho intramolecular Hbond substituents is 1. The molecule has 2 atom stereocenters. The van der Waals surface area contributed by atoms with Gasteiger partial charge in [0.05, 0.1) is 0 Å². The molecule has 1 aliphatic rings. The summed E-state index contributed by atoms with van der Waals surface area (Å²) in [6.45, 7) is 5.67. The van der Waals surface area contributed by atoms with Gasteiger partial charge in [-0.25, -0.2) is 12.1 Å². The summed E-state index contributed by atoms with van der Waals surface area (Å²) in [5, 5.41) is 10.2. The minimum absolute atomic E-state index is 0. The predicted molar refractivity (Wildman–Crippen MR) is 113 cm³/mol. The van der Waals surface area contributed by atoms with E-state index in [0.29, 0.717) is 17.8 Å². The molecule has 28 heavy (non-hydrogen) atoms. The molecule has 3 aromatic carbocycles. The SMILES string of the molecule is CCCN(C1CCc2cccc(O)c2C1)C(C)[c-]1cccc1.[Fe].[cH-]1[cH-][cH-][cH-][cH-]1. The average Bonchev–Trinajstić information content (AvgIpc) is 3.42. The minimum Gasteiger partial charge on any atom is -0.748 e. The van der Waals surface area contributed by atoms with Gasteiger partial charge in [-0.3, -0.25) is 0 Å². The Kier molecular flexibility index (Phi) is 9.04. The Labute approximate surface area is 180 Å². The van der Waals surface area contributed by atoms with E-state index in [4.69, 9.17) is 0 Å². The van der Waals surface area contributed by atoms with Crippen molar-refractivity contribution in [2.24, 2.45) is 0 Å². The van der Waals surface area contributed by atoms with E-state index in [-0.39, 0.29) is 17.1 Å². The van der Waals surface area contributed by atoms with Crippen molar-refractivity contribution >= 4 is 0 Å². The van der Waals surface area contributed by atoms with E-state index in [2.05, 4.69) is 49.1 Å². The average molecular weight is 417 g/mol. The van der Waals surface area contributed by atoms with E-state index in [1.54, 1.807) is 0 Å². The van der Waals surface area contributed by atoms with Gasteiger partial charge in [-0.05, 0) is 55.5 Å². The van der Waals surface area contributed by atoms with Crippen LogP contribution in [0.5, 0.6) is 5.75 Å². The molecule has 0 saturated heterocycles. The van der Waals surface area contributed by atoms with Crippen LogP contribution < -0.4 is 0 Å². The molecule has 0 aromatic heterocycles. The van der Waals surface area contributed by atoms with Gasteiger partial charge in [-0.1, -0.05) is 26.0 Å². The van der Waals surface area contributed by atoms with Crippen molar-refractivity contribution < 1.29 is 22.2 Å². The summed E-state index contributed by atoms with van der Waals surface area (Å²) < 4.78 is 0. The van der Waals surface area contributed by atoms with E-state index in [1.807, 2.05) is 42.5 Å². The van der Waals surface area contributed by atoms with E-state index >= 15 is 0 Å². The Hall–Kier alpha value is -1.80. The van der Waals surface area contributed by atoms with Gasteiger partial charge in [0.2, 0.25) is 0 Å². The first-order valence-corrected chi connectivity index (χ1v) is 10.1. The summed E-state index contributed by atoms with van der Waals surface area (Å²) in [7, 11) is 0. The number of rotatable bonds is 5. The topological polar surface area (TPSA) is 23.5 Å². The zero-order chi connectivity index (χ0) is 19.1. The quantitative estimate of drug-likeness (QED) is 0.416. The molecule has 3 aromatic rings. The van der Waals surface area contributed by atoms with Gasteiger partial charge >= 0.3 is 0 Å². The van der Waals surface area contributed by atoms with Crippen LogP contribution in [0.15, 0.2) is 72.8 Å². The van der Waals surface area contributed by atoms with Crippen molar-refractivity contribution in [2.45, 2.75) is 51.6 Å². The zero-order valence-corrected chi connectivity index (χ0v) is 18.0. The number of aromatic hydroxyl groups is 1. The molecule has 0 aliphatic heterocycles. The van der Waals surface area contributed by atoms with Gasteiger partial charge in [-0.2, -0.15) is 12.1 Å². The van der Waals surface area contributed by atoms with Gasteiger partial charge < -0.3 is 40.3 Å². The smallest absolute Gasteiger partial charge is 0.119 e. The maximum Gasteiger partial charge on any atom is 0.119 e. The molecule has 2 unspecified atom stereocenters. The second-order valence-corrected chi connectivity index (χ2v) is 7.41. The zero-order valence-electron chi connectivity index (χ0n) is 16.9. The van der Waals surface area contributed by atoms with Crippen molar-refractivity contribution in [3.63, 3.8) is 0 Å². The van der Waals surface area contributed by atoms with E-state index < -0.39 is 0 Å². The second-order valence-electron chi connectivity index (χ2n) is 7.41. The molecule has 1 N–H and O–H groups in total. The summed E-state index contributed by atoms with van der Waals surface area (Å²) >= 11 is 0. The summed E-state index contributed by atoms with van der Waals surface area (Å²) in [5.41, 5.74) is 3.89. The van der Waals surface area contributed by atoms with Crippen LogP contribution in [-0.2, 0) is 29.9 Å². The first-order valence-electron chi connectivity index (χ1n) is 10.1. The summed E-state index contributed by atoms with van der Waals surface area (Å²) in [4.78, 5) is 2.63. The Morgan fingerprint density at radius 3 is 2.36 bits per heavy atom. The molecule has 0 saturated carbocycles. The monoisotopic (exact) mass is 417 g/mol. The second kappa shape index (κ2) is 11.3. The summed E-state index contributed by atoms with van der Waals surface area (Å²) in [5.74, 6) is 0.472. The van der Waals surface area contributed by atoms with Gasteiger partial charge in [0.25, 0.3) is 0 Å². The Morgan fingerprint density at radius 1 is 1.11 bits per heavy atom. The van der Waals surface area contributed by atoms with Crippen LogP contribution in [0.25, 0.3) is 0 Å². The molecule has 1 aliphatic carbocycles. The van der Waals surface area contributed by atoms with Crippen LogP contribution in [0.2, 0.25) is 0 Å². The number of fused-ring (bicyclic) bond motifs is 1. The van der Waals surface area contributed by atoms with Crippen LogP contribution in [0.3, 0.4) is 0 Å². The maximum atomic E-state index is 10.2. The number of phenols is 1. The van der Waals surface area contributed by atoms with E-state index in [0.717, 1.165) is 31.4 Å². The summed E-state index contributed by atoms with van der Waals surface area (Å²) in [6.07, 6.45) is 4.38. The molecule has 0 spiro atoms. The van der Waals surface area contributed by atoms with Crippen molar-refractivity contribution in [1.82, 2.24) is 4.90 Å². The van der Waals surface area contributed by atoms with Gasteiger partial charge in [-0.15, -0.1) is 5.56 Å². The fourth-order valence-electron chi connectivity index (χ4n) is 4.16. The van der Waals surface area contributed by atoms with Gasteiger partial charge in [0.1, 0.15) is 5.75 Å². The predicted octanol–water partition coefficient (Wildman–Crippen LogP) is 5.84. The normalized spacial score (nSPS) is 16.5. The van der Waals surface area contributed by atoms with Crippen LogP contribution >= 0.6 is 0 Å². The van der Waals surface area contributed by atoms with Gasteiger partial charge in [0.15, 0.2) is 0 Å². The Bertz CT molecular complexity index is 762. The number of nitrogens with zero attached hydrogens (tertiary/aromatic N) is 1. The van der Waals surface area contributed by atoms with Crippen LogP contribution in [0, 0.1) is 0 Å². The molecular weight excluding hydrogens is 386 g/mol. The fraction of sp³-hybridized carbons (Fsp3) is 0.360. The Morgan fingerprint density at radius 2 is 1.75 bits per heavy atom. The van der Waals surface area contributed by atoms with Crippen molar-refractivity contribution in [3.05, 3.63) is 89.5 Å². The van der Waals surface area contributed by atoms with Crippen molar-refractivity contribution in [1.29, 1.82) is 0 Å². The van der Waals surface area contributed by atoms with Crippen LogP contribution in [0.4, 0.5) is 0 Å². The number of benzene rings is 1. The largest absolute Gasteiger partial charge is 0.748 e. The minimum atomic E-state index is 0. The molecule has 4 rings (SSSR count). The number of hydrogen-bond donors (Lipinski definition) is 1. The molecule has 156 valence electrons. The standard InChI is InChI=1S/C20H26NO.C5H5.Fe/c1-3-13-21(15(2)16-7-4-5-8-16)18-12-11-17-9-6-10-20(22)19(17)14-18;1-2-4-5-3-1;/h4-10,15,18,22H,3,11-14H2,1-2H3;1-5H;/q-1;-5;. The molecular formula is C25H31FeNO-6.